The molecule has 1 N–H and O–H groups in total. The third-order valence-electron chi connectivity index (χ3n) is 4.03. The molecule has 8 heteroatoms. The van der Waals surface area contributed by atoms with Gasteiger partial charge in [0.15, 0.2) is 0 Å². The average Bonchev–Trinajstić information content (AvgIpc) is 3.01. The van der Waals surface area contributed by atoms with Gasteiger partial charge >= 0.3 is 5.97 Å². The van der Waals surface area contributed by atoms with Gasteiger partial charge in [0.1, 0.15) is 0 Å². The van der Waals surface area contributed by atoms with Crippen LogP contribution < -0.4 is 0 Å². The minimum atomic E-state index is -0.876. The summed E-state index contributed by atoms with van der Waals surface area (Å²) in [5, 5.41) is 13.3. The molecular weight excluding hydrogens is 286 g/mol. The van der Waals surface area contributed by atoms with Crippen LogP contribution >= 0.6 is 0 Å². The lowest BCUT2D eigenvalue weighted by molar-refractivity contribution is -0.142. The second-order valence-corrected chi connectivity index (χ2v) is 5.82. The van der Waals surface area contributed by atoms with Gasteiger partial charge in [0.05, 0.1) is 5.92 Å². The van der Waals surface area contributed by atoms with Gasteiger partial charge in [-0.3, -0.25) is 9.59 Å². The van der Waals surface area contributed by atoms with Gasteiger partial charge in [0, 0.05) is 24.5 Å². The summed E-state index contributed by atoms with van der Waals surface area (Å²) in [5.41, 5.74) is 1.64. The zero-order valence-corrected chi connectivity index (χ0v) is 12.6. The number of fused-ring (bicyclic) bond motifs is 1. The van der Waals surface area contributed by atoms with Crippen LogP contribution in [-0.2, 0) is 4.79 Å². The number of nitrogens with zero attached hydrogens (tertiary/aromatic N) is 5. The molecule has 2 atom stereocenters. The monoisotopic (exact) mass is 303 g/mol. The molecule has 0 spiro atoms. The van der Waals surface area contributed by atoms with E-state index < -0.39 is 11.9 Å². The summed E-state index contributed by atoms with van der Waals surface area (Å²) in [6.45, 7) is 6.14. The summed E-state index contributed by atoms with van der Waals surface area (Å²) in [6.07, 6.45) is 0. The molecule has 116 valence electrons. The van der Waals surface area contributed by atoms with E-state index in [4.69, 9.17) is 5.11 Å². The topological polar surface area (TPSA) is 101 Å². The van der Waals surface area contributed by atoms with Gasteiger partial charge in [-0.1, -0.05) is 6.92 Å². The highest BCUT2D eigenvalue weighted by molar-refractivity contribution is 5.91. The van der Waals surface area contributed by atoms with Crippen molar-refractivity contribution in [2.75, 3.05) is 13.1 Å². The maximum atomic E-state index is 12.5. The van der Waals surface area contributed by atoms with Crippen LogP contribution in [-0.4, -0.2) is 54.6 Å². The quantitative estimate of drug-likeness (QED) is 0.868. The van der Waals surface area contributed by atoms with Gasteiger partial charge < -0.3 is 10.0 Å². The number of amides is 1. The number of carbonyl (C=O) groups is 2. The number of aliphatic carboxylic acids is 1. The Kier molecular flexibility index (Phi) is 3.31. The molecule has 22 heavy (non-hydrogen) atoms. The summed E-state index contributed by atoms with van der Waals surface area (Å²) < 4.78 is 1.52. The molecule has 0 bridgehead atoms. The normalized spacial score (nSPS) is 21.5. The van der Waals surface area contributed by atoms with E-state index in [-0.39, 0.29) is 24.2 Å². The number of hydrogen-bond donors (Lipinski definition) is 1. The molecule has 1 aliphatic rings. The molecule has 0 aromatic carbocycles. The first-order valence-corrected chi connectivity index (χ1v) is 7.10. The van der Waals surface area contributed by atoms with Gasteiger partial charge in [0.2, 0.25) is 5.82 Å². The van der Waals surface area contributed by atoms with E-state index in [1.807, 2.05) is 26.8 Å². The van der Waals surface area contributed by atoms with Crippen molar-refractivity contribution >= 4 is 17.7 Å². The summed E-state index contributed by atoms with van der Waals surface area (Å²) in [4.78, 5) is 33.6. The fraction of sp³-hybridized carbons (Fsp3) is 0.500. The number of aromatic nitrogens is 4. The van der Waals surface area contributed by atoms with Crippen molar-refractivity contribution in [2.24, 2.45) is 11.8 Å². The highest BCUT2D eigenvalue weighted by atomic mass is 16.4. The van der Waals surface area contributed by atoms with Crippen LogP contribution in [0.15, 0.2) is 6.07 Å². The molecule has 0 unspecified atom stereocenters. The third kappa shape index (κ3) is 2.30. The van der Waals surface area contributed by atoms with Crippen LogP contribution in [0.4, 0.5) is 0 Å². The molecule has 0 saturated carbocycles. The zero-order valence-electron chi connectivity index (χ0n) is 12.6. The van der Waals surface area contributed by atoms with Crippen molar-refractivity contribution in [2.45, 2.75) is 20.8 Å². The van der Waals surface area contributed by atoms with Crippen LogP contribution in [0.5, 0.6) is 0 Å². The van der Waals surface area contributed by atoms with Crippen LogP contribution in [0.25, 0.3) is 5.78 Å². The standard InChI is InChI=1S/C14H17N5O3/c1-7-5-18(6-10(7)13(21)22)12(20)11-16-14-15-8(2)4-9(3)19(14)17-11/h4,7,10H,5-6H2,1-3H3,(H,21,22)/t7-,10-/m1/s1. The van der Waals surface area contributed by atoms with E-state index in [0.29, 0.717) is 12.3 Å². The predicted octanol–water partition coefficient (Wildman–Crippen LogP) is 0.534. The maximum Gasteiger partial charge on any atom is 0.308 e. The molecule has 3 heterocycles. The molecule has 2 aromatic rings. The van der Waals surface area contributed by atoms with Crippen molar-refractivity contribution in [3.05, 3.63) is 23.3 Å². The molecule has 0 radical (unpaired) electrons. The number of hydrogen-bond acceptors (Lipinski definition) is 5. The molecule has 0 aliphatic carbocycles. The van der Waals surface area contributed by atoms with Crippen LogP contribution in [0.2, 0.25) is 0 Å². The first-order valence-electron chi connectivity index (χ1n) is 7.10. The summed E-state index contributed by atoms with van der Waals surface area (Å²) in [6, 6.07) is 1.86. The molecule has 1 amide bonds. The molecule has 1 fully saturated rings. The number of carbonyl (C=O) groups excluding carboxylic acids is 1. The van der Waals surface area contributed by atoms with Gasteiger partial charge in [-0.25, -0.2) is 9.50 Å². The Balaban J connectivity index is 1.90. The minimum Gasteiger partial charge on any atom is -0.481 e. The Bertz CT molecular complexity index is 769. The third-order valence-corrected chi connectivity index (χ3v) is 4.03. The van der Waals surface area contributed by atoms with E-state index in [1.165, 1.54) is 9.42 Å². The molecule has 3 rings (SSSR count). The van der Waals surface area contributed by atoms with Crippen LogP contribution in [0, 0.1) is 25.7 Å². The van der Waals surface area contributed by atoms with Crippen molar-refractivity contribution in [3.63, 3.8) is 0 Å². The zero-order chi connectivity index (χ0) is 16.0. The Morgan fingerprint density at radius 2 is 2.00 bits per heavy atom. The van der Waals surface area contributed by atoms with E-state index in [2.05, 4.69) is 15.1 Å². The van der Waals surface area contributed by atoms with Crippen molar-refractivity contribution in [1.82, 2.24) is 24.5 Å². The number of carboxylic acids is 1. The van der Waals surface area contributed by atoms with E-state index >= 15 is 0 Å². The highest BCUT2D eigenvalue weighted by Crippen LogP contribution is 2.24. The Morgan fingerprint density at radius 3 is 2.64 bits per heavy atom. The first kappa shape index (κ1) is 14.4. The molecule has 8 nitrogen and oxygen atoms in total. The van der Waals surface area contributed by atoms with E-state index in [9.17, 15) is 9.59 Å². The summed E-state index contributed by atoms with van der Waals surface area (Å²) >= 11 is 0. The number of rotatable bonds is 2. The Labute approximate surface area is 126 Å². The average molecular weight is 303 g/mol. The van der Waals surface area contributed by atoms with Gasteiger partial charge in [-0.05, 0) is 25.8 Å². The SMILES string of the molecule is Cc1cc(C)n2nc(C(=O)N3C[C@@H](C)[C@H](C(=O)O)C3)nc2n1. The lowest BCUT2D eigenvalue weighted by Crippen LogP contribution is -2.30. The van der Waals surface area contributed by atoms with Crippen molar-refractivity contribution < 1.29 is 14.7 Å². The fourth-order valence-corrected chi connectivity index (χ4v) is 2.85. The van der Waals surface area contributed by atoms with Crippen LogP contribution in [0.1, 0.15) is 28.9 Å². The fourth-order valence-electron chi connectivity index (χ4n) is 2.85. The van der Waals surface area contributed by atoms with Gasteiger partial charge in [-0.15, -0.1) is 5.10 Å². The second kappa shape index (κ2) is 5.04. The van der Waals surface area contributed by atoms with E-state index in [1.54, 1.807) is 0 Å². The van der Waals surface area contributed by atoms with Crippen molar-refractivity contribution in [1.29, 1.82) is 0 Å². The maximum absolute atomic E-state index is 12.5. The van der Waals surface area contributed by atoms with E-state index in [0.717, 1.165) is 11.4 Å². The van der Waals surface area contributed by atoms with Gasteiger partial charge in [0.25, 0.3) is 11.7 Å². The lowest BCUT2D eigenvalue weighted by atomic mass is 9.99. The van der Waals surface area contributed by atoms with Gasteiger partial charge in [-0.2, -0.15) is 4.98 Å². The lowest BCUT2D eigenvalue weighted by Gasteiger charge is -2.12. The number of carboxylic acid groups (broad SMARTS) is 1. The highest BCUT2D eigenvalue weighted by Gasteiger charge is 2.38. The predicted molar refractivity (Wildman–Crippen MR) is 76.4 cm³/mol. The Hall–Kier alpha value is -2.51. The molecular formula is C14H17N5O3. The molecule has 2 aromatic heterocycles. The summed E-state index contributed by atoms with van der Waals surface area (Å²) in [5.74, 6) is -1.41. The smallest absolute Gasteiger partial charge is 0.308 e. The summed E-state index contributed by atoms with van der Waals surface area (Å²) in [7, 11) is 0. The minimum absolute atomic E-state index is 0.0550. The largest absolute Gasteiger partial charge is 0.481 e. The number of likely N-dealkylation sites (tertiary alicyclic amines) is 1. The van der Waals surface area contributed by atoms with Crippen LogP contribution in [0.3, 0.4) is 0 Å². The van der Waals surface area contributed by atoms with Crippen molar-refractivity contribution in [3.8, 4) is 0 Å². The first-order chi connectivity index (χ1) is 10.4. The molecule has 1 saturated heterocycles. The molecule has 1 aliphatic heterocycles. The number of aryl methyl sites for hydroxylation is 2. The Morgan fingerprint density at radius 1 is 1.27 bits per heavy atom. The second-order valence-electron chi connectivity index (χ2n) is 5.82.